The topological polar surface area (TPSA) is 79.5 Å². The van der Waals surface area contributed by atoms with Gasteiger partial charge in [-0.2, -0.15) is 0 Å². The van der Waals surface area contributed by atoms with Crippen molar-refractivity contribution in [2.45, 2.75) is 31.7 Å². The van der Waals surface area contributed by atoms with E-state index in [1.165, 1.54) is 0 Å². The van der Waals surface area contributed by atoms with Crippen molar-refractivity contribution in [1.29, 1.82) is 0 Å². The zero-order chi connectivity index (χ0) is 11.9. The number of hydrogen-bond acceptors (Lipinski definition) is 3. The van der Waals surface area contributed by atoms with Gasteiger partial charge in [-0.1, -0.05) is 0 Å². The molecule has 5 nitrogen and oxygen atoms in total. The first kappa shape index (κ1) is 10.7. The fourth-order valence-electron chi connectivity index (χ4n) is 2.11. The molecular weight excluding hydrogens is 210 g/mol. The number of carbonyl (C=O) groups excluding carboxylic acids is 1. The molecular formula is C11H13NO4. The number of carboxylic acids is 1. The molecule has 1 aliphatic heterocycles. The van der Waals surface area contributed by atoms with Crippen LogP contribution in [-0.4, -0.2) is 23.0 Å². The molecule has 1 aromatic rings. The molecule has 0 bridgehead atoms. The summed E-state index contributed by atoms with van der Waals surface area (Å²) < 4.78 is 5.44. The Kier molecular flexibility index (Phi) is 2.26. The molecule has 0 radical (unpaired) electrons. The van der Waals surface area contributed by atoms with Crippen molar-refractivity contribution in [3.05, 3.63) is 23.7 Å². The molecule has 2 rings (SSSR count). The highest BCUT2D eigenvalue weighted by Crippen LogP contribution is 2.36. The van der Waals surface area contributed by atoms with E-state index in [1.54, 1.807) is 26.0 Å². The first-order valence-electron chi connectivity index (χ1n) is 5.02. The molecule has 1 saturated heterocycles. The smallest absolute Gasteiger partial charge is 0.327 e. The van der Waals surface area contributed by atoms with Crippen molar-refractivity contribution in [3.63, 3.8) is 0 Å². The molecule has 1 amide bonds. The molecule has 16 heavy (non-hydrogen) atoms. The largest absolute Gasteiger partial charge is 0.480 e. The number of rotatable bonds is 2. The number of aliphatic carboxylic acids is 1. The predicted molar refractivity (Wildman–Crippen MR) is 55.0 cm³/mol. The third kappa shape index (κ3) is 1.48. The summed E-state index contributed by atoms with van der Waals surface area (Å²) in [4.78, 5) is 22.4. The highest BCUT2D eigenvalue weighted by molar-refractivity contribution is 5.90. The summed E-state index contributed by atoms with van der Waals surface area (Å²) in [6.07, 6.45) is 0.136. The van der Waals surface area contributed by atoms with Crippen LogP contribution in [0.1, 0.15) is 24.9 Å². The lowest BCUT2D eigenvalue weighted by Crippen LogP contribution is -2.44. The maximum absolute atomic E-state index is 11.3. The zero-order valence-corrected chi connectivity index (χ0v) is 9.11. The van der Waals surface area contributed by atoms with Crippen molar-refractivity contribution < 1.29 is 19.1 Å². The van der Waals surface area contributed by atoms with Gasteiger partial charge in [-0.15, -0.1) is 0 Å². The van der Waals surface area contributed by atoms with E-state index in [0.29, 0.717) is 11.5 Å². The van der Waals surface area contributed by atoms with Gasteiger partial charge in [0.05, 0.1) is 5.41 Å². The van der Waals surface area contributed by atoms with Gasteiger partial charge in [0, 0.05) is 6.42 Å². The van der Waals surface area contributed by atoms with Gasteiger partial charge in [-0.25, -0.2) is 4.79 Å². The lowest BCUT2D eigenvalue weighted by Gasteiger charge is -2.24. The Morgan fingerprint density at radius 3 is 2.81 bits per heavy atom. The van der Waals surface area contributed by atoms with Crippen molar-refractivity contribution >= 4 is 11.9 Å². The number of carboxylic acid groups (broad SMARTS) is 1. The minimum Gasteiger partial charge on any atom is -0.480 e. The van der Waals surface area contributed by atoms with Gasteiger partial charge in [-0.3, -0.25) is 4.79 Å². The molecule has 2 atom stereocenters. The minimum absolute atomic E-state index is 0.136. The van der Waals surface area contributed by atoms with Gasteiger partial charge in [-0.05, 0) is 26.0 Å². The quantitative estimate of drug-likeness (QED) is 0.777. The molecule has 2 unspecified atom stereocenters. The lowest BCUT2D eigenvalue weighted by molar-refractivity contribution is -0.141. The Labute approximate surface area is 92.4 Å². The fraction of sp³-hybridized carbons (Fsp3) is 0.455. The van der Waals surface area contributed by atoms with Crippen molar-refractivity contribution in [2.24, 2.45) is 0 Å². The van der Waals surface area contributed by atoms with Crippen LogP contribution in [0.4, 0.5) is 0 Å². The van der Waals surface area contributed by atoms with E-state index >= 15 is 0 Å². The third-order valence-electron chi connectivity index (χ3n) is 3.02. The van der Waals surface area contributed by atoms with Gasteiger partial charge >= 0.3 is 5.97 Å². The molecule has 1 aromatic heterocycles. The average Bonchev–Trinajstić information content (AvgIpc) is 2.71. The molecule has 2 heterocycles. The monoisotopic (exact) mass is 223 g/mol. The maximum atomic E-state index is 11.3. The number of nitrogens with one attached hydrogen (secondary N) is 1. The average molecular weight is 223 g/mol. The third-order valence-corrected chi connectivity index (χ3v) is 3.02. The summed E-state index contributed by atoms with van der Waals surface area (Å²) in [6.45, 7) is 3.51. The van der Waals surface area contributed by atoms with Crippen molar-refractivity contribution in [1.82, 2.24) is 5.32 Å². The number of amides is 1. The lowest BCUT2D eigenvalue weighted by atomic mass is 9.80. The Morgan fingerprint density at radius 2 is 2.31 bits per heavy atom. The van der Waals surface area contributed by atoms with E-state index in [1.807, 2.05) is 0 Å². The van der Waals surface area contributed by atoms with Crippen LogP contribution >= 0.6 is 0 Å². The molecule has 0 spiro atoms. The van der Waals surface area contributed by atoms with Crippen LogP contribution in [0.3, 0.4) is 0 Å². The minimum atomic E-state index is -1.04. The number of carbonyl (C=O) groups is 2. The van der Waals surface area contributed by atoms with Crippen molar-refractivity contribution in [2.75, 3.05) is 0 Å². The molecule has 2 N–H and O–H groups in total. The van der Waals surface area contributed by atoms with Crippen LogP contribution in [0.15, 0.2) is 16.5 Å². The number of furan rings is 1. The van der Waals surface area contributed by atoms with Gasteiger partial charge in [0.1, 0.15) is 17.6 Å². The van der Waals surface area contributed by atoms with E-state index in [4.69, 9.17) is 9.52 Å². The van der Waals surface area contributed by atoms with Gasteiger partial charge in [0.25, 0.3) is 0 Å². The zero-order valence-electron chi connectivity index (χ0n) is 9.11. The van der Waals surface area contributed by atoms with E-state index in [9.17, 15) is 9.59 Å². The Morgan fingerprint density at radius 1 is 1.62 bits per heavy atom. The van der Waals surface area contributed by atoms with Crippen LogP contribution in [0.2, 0.25) is 0 Å². The maximum Gasteiger partial charge on any atom is 0.327 e. The summed E-state index contributed by atoms with van der Waals surface area (Å²) in [5.41, 5.74) is -0.808. The Hall–Kier alpha value is -1.78. The first-order valence-corrected chi connectivity index (χ1v) is 5.02. The van der Waals surface area contributed by atoms with Gasteiger partial charge in [0.2, 0.25) is 5.91 Å². The fourth-order valence-corrected chi connectivity index (χ4v) is 2.11. The predicted octanol–water partition coefficient (Wildman–Crippen LogP) is 0.819. The van der Waals surface area contributed by atoms with Crippen LogP contribution in [-0.2, 0) is 15.0 Å². The second kappa shape index (κ2) is 3.37. The normalized spacial score (nSPS) is 29.1. The molecule has 0 aromatic carbocycles. The van der Waals surface area contributed by atoms with E-state index in [-0.39, 0.29) is 12.3 Å². The molecule has 1 aliphatic rings. The van der Waals surface area contributed by atoms with Crippen LogP contribution in [0.5, 0.6) is 0 Å². The first-order chi connectivity index (χ1) is 7.43. The standard InChI is InChI=1S/C11H13NO4/c1-6-3-4-7(16-6)11(2)5-8(13)12-9(11)10(14)15/h3-4,9H,5H2,1-2H3,(H,12,13)(H,14,15). The summed E-state index contributed by atoms with van der Waals surface area (Å²) in [7, 11) is 0. The summed E-state index contributed by atoms with van der Waals surface area (Å²) in [5.74, 6) is -0.0539. The Balaban J connectivity index is 2.42. The highest BCUT2D eigenvalue weighted by atomic mass is 16.4. The number of aryl methyl sites for hydroxylation is 1. The molecule has 0 saturated carbocycles. The summed E-state index contributed by atoms with van der Waals surface area (Å²) in [6, 6.07) is 2.57. The van der Waals surface area contributed by atoms with Crippen LogP contribution < -0.4 is 5.32 Å². The van der Waals surface area contributed by atoms with Crippen LogP contribution in [0.25, 0.3) is 0 Å². The number of hydrogen-bond donors (Lipinski definition) is 2. The summed E-state index contributed by atoms with van der Waals surface area (Å²) in [5, 5.41) is 11.5. The van der Waals surface area contributed by atoms with Crippen LogP contribution in [0, 0.1) is 6.92 Å². The molecule has 86 valence electrons. The van der Waals surface area contributed by atoms with Gasteiger partial charge in [0.15, 0.2) is 0 Å². The SMILES string of the molecule is Cc1ccc(C2(C)CC(=O)NC2C(=O)O)o1. The molecule has 1 fully saturated rings. The van der Waals surface area contributed by atoms with E-state index in [0.717, 1.165) is 0 Å². The highest BCUT2D eigenvalue weighted by Gasteiger charge is 2.50. The van der Waals surface area contributed by atoms with Crippen molar-refractivity contribution in [3.8, 4) is 0 Å². The van der Waals surface area contributed by atoms with E-state index in [2.05, 4.69) is 5.32 Å². The summed E-state index contributed by atoms with van der Waals surface area (Å²) >= 11 is 0. The second-order valence-corrected chi connectivity index (χ2v) is 4.34. The molecule has 0 aliphatic carbocycles. The molecule has 5 heteroatoms. The second-order valence-electron chi connectivity index (χ2n) is 4.34. The van der Waals surface area contributed by atoms with Gasteiger partial charge < -0.3 is 14.8 Å². The van der Waals surface area contributed by atoms with E-state index < -0.39 is 17.4 Å². The Bertz CT molecular complexity index is 451.